The predicted molar refractivity (Wildman–Crippen MR) is 82.4 cm³/mol. The number of nitrogens with one attached hydrogen (secondary N) is 1. The molecule has 116 valence electrons. The zero-order valence-electron chi connectivity index (χ0n) is 12.9. The molecule has 0 radical (unpaired) electrons. The highest BCUT2D eigenvalue weighted by atomic mass is 16.1. The lowest BCUT2D eigenvalue weighted by atomic mass is 9.83. The van der Waals surface area contributed by atoms with Crippen LogP contribution >= 0.6 is 0 Å². The van der Waals surface area contributed by atoms with Crippen molar-refractivity contribution in [2.45, 2.75) is 57.9 Å². The highest BCUT2D eigenvalue weighted by molar-refractivity contribution is 5.78. The third-order valence-corrected chi connectivity index (χ3v) is 5.18. The molecule has 1 heterocycles. The van der Waals surface area contributed by atoms with E-state index >= 15 is 0 Å². The molecule has 0 aromatic rings. The van der Waals surface area contributed by atoms with E-state index in [0.29, 0.717) is 13.1 Å². The minimum atomic E-state index is 0.180. The lowest BCUT2D eigenvalue weighted by Gasteiger charge is -2.41. The average Bonchev–Trinajstić information content (AvgIpc) is 2.52. The first-order valence-electron chi connectivity index (χ1n) is 8.46. The van der Waals surface area contributed by atoms with Gasteiger partial charge in [-0.05, 0) is 51.0 Å². The summed E-state index contributed by atoms with van der Waals surface area (Å²) in [5.74, 6) is 1.33. The molecule has 0 aromatic heterocycles. The van der Waals surface area contributed by atoms with Gasteiger partial charge in [-0.25, -0.2) is 0 Å². The third kappa shape index (κ3) is 4.19. The van der Waals surface area contributed by atoms with Gasteiger partial charge in [-0.15, -0.1) is 0 Å². The minimum Gasteiger partial charge on any atom is -0.355 e. The fraction of sp³-hybridized carbons (Fsp3) is 0.938. The number of piperidine rings is 1. The van der Waals surface area contributed by atoms with E-state index in [4.69, 9.17) is 5.73 Å². The quantitative estimate of drug-likeness (QED) is 0.807. The van der Waals surface area contributed by atoms with Crippen LogP contribution in [-0.2, 0) is 4.79 Å². The van der Waals surface area contributed by atoms with E-state index in [1.165, 1.54) is 38.6 Å². The van der Waals surface area contributed by atoms with Gasteiger partial charge in [0.05, 0.1) is 5.92 Å². The molecule has 2 aliphatic rings. The number of likely N-dealkylation sites (tertiary alicyclic amines) is 1. The van der Waals surface area contributed by atoms with Crippen LogP contribution in [0.2, 0.25) is 0 Å². The summed E-state index contributed by atoms with van der Waals surface area (Å²) >= 11 is 0. The Balaban J connectivity index is 1.80. The fourth-order valence-electron chi connectivity index (χ4n) is 3.81. The number of carbonyl (C=O) groups excluding carboxylic acids is 1. The van der Waals surface area contributed by atoms with Crippen LogP contribution in [0.15, 0.2) is 0 Å². The average molecular weight is 281 g/mol. The topological polar surface area (TPSA) is 58.4 Å². The number of rotatable bonds is 5. The summed E-state index contributed by atoms with van der Waals surface area (Å²) in [5, 5.41) is 2.95. The van der Waals surface area contributed by atoms with Crippen molar-refractivity contribution in [2.24, 2.45) is 17.6 Å². The SMILES string of the molecule is CCC1CCC(N2CCC[C@@H](C(=O)NCCN)C2)CC1. The van der Waals surface area contributed by atoms with Crippen LogP contribution in [0.25, 0.3) is 0 Å². The zero-order valence-corrected chi connectivity index (χ0v) is 12.9. The number of amides is 1. The van der Waals surface area contributed by atoms with Crippen molar-refractivity contribution in [3.63, 3.8) is 0 Å². The monoisotopic (exact) mass is 281 g/mol. The van der Waals surface area contributed by atoms with Crippen molar-refractivity contribution < 1.29 is 4.79 Å². The Morgan fingerprint density at radius 1 is 1.25 bits per heavy atom. The summed E-state index contributed by atoms with van der Waals surface area (Å²) in [7, 11) is 0. The van der Waals surface area contributed by atoms with Crippen LogP contribution in [0.3, 0.4) is 0 Å². The van der Waals surface area contributed by atoms with Crippen molar-refractivity contribution in [1.82, 2.24) is 10.2 Å². The number of nitrogens with two attached hydrogens (primary N) is 1. The molecule has 4 heteroatoms. The molecule has 4 nitrogen and oxygen atoms in total. The van der Waals surface area contributed by atoms with Crippen molar-refractivity contribution in [3.05, 3.63) is 0 Å². The minimum absolute atomic E-state index is 0.180. The molecule has 2 rings (SSSR count). The summed E-state index contributed by atoms with van der Waals surface area (Å²) < 4.78 is 0. The molecular weight excluding hydrogens is 250 g/mol. The Labute approximate surface area is 123 Å². The number of hydrogen-bond acceptors (Lipinski definition) is 3. The number of hydrogen-bond donors (Lipinski definition) is 2. The zero-order chi connectivity index (χ0) is 14.4. The van der Waals surface area contributed by atoms with Gasteiger partial charge in [0, 0.05) is 25.7 Å². The highest BCUT2D eigenvalue weighted by Crippen LogP contribution is 2.31. The third-order valence-electron chi connectivity index (χ3n) is 5.18. The van der Waals surface area contributed by atoms with Gasteiger partial charge in [0.1, 0.15) is 0 Å². The van der Waals surface area contributed by atoms with E-state index in [-0.39, 0.29) is 11.8 Å². The molecule has 20 heavy (non-hydrogen) atoms. The van der Waals surface area contributed by atoms with Gasteiger partial charge in [0.2, 0.25) is 5.91 Å². The lowest BCUT2D eigenvalue weighted by Crippen LogP contribution is -2.48. The van der Waals surface area contributed by atoms with Crippen LogP contribution in [0.5, 0.6) is 0 Å². The second-order valence-electron chi connectivity index (χ2n) is 6.50. The molecule has 1 amide bonds. The highest BCUT2D eigenvalue weighted by Gasteiger charge is 2.31. The van der Waals surface area contributed by atoms with E-state index in [0.717, 1.165) is 31.3 Å². The van der Waals surface area contributed by atoms with Gasteiger partial charge in [-0.2, -0.15) is 0 Å². The van der Waals surface area contributed by atoms with Crippen molar-refractivity contribution in [3.8, 4) is 0 Å². The number of nitrogens with zero attached hydrogens (tertiary/aromatic N) is 1. The Morgan fingerprint density at radius 2 is 2.00 bits per heavy atom. The summed E-state index contributed by atoms with van der Waals surface area (Å²) in [6, 6.07) is 0.725. The molecule has 2 fully saturated rings. The van der Waals surface area contributed by atoms with Crippen LogP contribution < -0.4 is 11.1 Å². The Morgan fingerprint density at radius 3 is 2.65 bits per heavy atom. The van der Waals surface area contributed by atoms with Gasteiger partial charge in [0.15, 0.2) is 0 Å². The summed E-state index contributed by atoms with van der Waals surface area (Å²) in [4.78, 5) is 14.7. The molecule has 1 aliphatic heterocycles. The van der Waals surface area contributed by atoms with E-state index in [2.05, 4.69) is 17.1 Å². The maximum atomic E-state index is 12.1. The standard InChI is InChI=1S/C16H31N3O/c1-2-13-5-7-15(8-6-13)19-11-3-4-14(12-19)16(20)18-10-9-17/h13-15H,2-12,17H2,1H3,(H,18,20)/t13?,14-,15?/m1/s1. The maximum absolute atomic E-state index is 12.1. The van der Waals surface area contributed by atoms with Crippen molar-refractivity contribution in [1.29, 1.82) is 0 Å². The Bertz CT molecular complexity index is 300. The molecule has 0 aromatic carbocycles. The Hall–Kier alpha value is -0.610. The Kier molecular flexibility index (Phi) is 6.30. The first-order valence-corrected chi connectivity index (χ1v) is 8.46. The second-order valence-corrected chi connectivity index (χ2v) is 6.50. The smallest absolute Gasteiger partial charge is 0.224 e. The molecule has 1 aliphatic carbocycles. The van der Waals surface area contributed by atoms with Gasteiger partial charge in [-0.3, -0.25) is 9.69 Å². The molecule has 0 spiro atoms. The molecule has 3 N–H and O–H groups in total. The predicted octanol–water partition coefficient (Wildman–Crippen LogP) is 1.74. The van der Waals surface area contributed by atoms with Gasteiger partial charge in [0.25, 0.3) is 0 Å². The second kappa shape index (κ2) is 7.99. The molecule has 1 atom stereocenters. The first kappa shape index (κ1) is 15.8. The van der Waals surface area contributed by atoms with Crippen molar-refractivity contribution in [2.75, 3.05) is 26.2 Å². The molecule has 0 unspecified atom stereocenters. The van der Waals surface area contributed by atoms with Crippen LogP contribution in [0.1, 0.15) is 51.9 Å². The molecule has 1 saturated carbocycles. The largest absolute Gasteiger partial charge is 0.355 e. The van der Waals surface area contributed by atoms with E-state index < -0.39 is 0 Å². The van der Waals surface area contributed by atoms with Gasteiger partial charge < -0.3 is 11.1 Å². The van der Waals surface area contributed by atoms with E-state index in [1.54, 1.807) is 0 Å². The normalized spacial score (nSPS) is 32.0. The van der Waals surface area contributed by atoms with Gasteiger partial charge in [-0.1, -0.05) is 13.3 Å². The first-order chi connectivity index (χ1) is 9.74. The maximum Gasteiger partial charge on any atom is 0.224 e. The number of carbonyl (C=O) groups is 1. The molecule has 1 saturated heterocycles. The van der Waals surface area contributed by atoms with E-state index in [1.807, 2.05) is 0 Å². The fourth-order valence-corrected chi connectivity index (χ4v) is 3.81. The van der Waals surface area contributed by atoms with Gasteiger partial charge >= 0.3 is 0 Å². The van der Waals surface area contributed by atoms with Crippen LogP contribution in [-0.4, -0.2) is 43.0 Å². The summed E-state index contributed by atoms with van der Waals surface area (Å²) in [5.41, 5.74) is 5.45. The lowest BCUT2D eigenvalue weighted by molar-refractivity contribution is -0.127. The van der Waals surface area contributed by atoms with Crippen LogP contribution in [0.4, 0.5) is 0 Å². The molecule has 0 bridgehead atoms. The summed E-state index contributed by atoms with van der Waals surface area (Å²) in [6.45, 7) is 5.59. The van der Waals surface area contributed by atoms with Crippen LogP contribution in [0, 0.1) is 11.8 Å². The summed E-state index contributed by atoms with van der Waals surface area (Å²) in [6.07, 6.45) is 8.94. The molecular formula is C16H31N3O. The van der Waals surface area contributed by atoms with Crippen molar-refractivity contribution >= 4 is 5.91 Å². The van der Waals surface area contributed by atoms with E-state index in [9.17, 15) is 4.79 Å².